The van der Waals surface area contributed by atoms with Crippen molar-refractivity contribution in [1.82, 2.24) is 0 Å². The zero-order chi connectivity index (χ0) is 14.2. The summed E-state index contributed by atoms with van der Waals surface area (Å²) in [7, 11) is 0. The number of nitriles is 2. The van der Waals surface area contributed by atoms with Crippen LogP contribution in [0.3, 0.4) is 0 Å². The highest BCUT2D eigenvalue weighted by molar-refractivity contribution is 5.22. The molecule has 0 atom stereocenters. The van der Waals surface area contributed by atoms with E-state index in [1.807, 2.05) is 46.1 Å². The highest BCUT2D eigenvalue weighted by Crippen LogP contribution is 1.95. The highest BCUT2D eigenvalue weighted by Gasteiger charge is 2.05. The Morgan fingerprint density at radius 3 is 1.65 bits per heavy atom. The van der Waals surface area contributed by atoms with E-state index in [9.17, 15) is 0 Å². The molecule has 0 saturated carbocycles. The minimum atomic E-state index is 0.684. The van der Waals surface area contributed by atoms with Gasteiger partial charge in [-0.25, -0.2) is 9.13 Å². The lowest BCUT2D eigenvalue weighted by atomic mass is 10.2. The van der Waals surface area contributed by atoms with Crippen molar-refractivity contribution in [1.29, 1.82) is 10.5 Å². The van der Waals surface area contributed by atoms with E-state index >= 15 is 0 Å². The summed E-state index contributed by atoms with van der Waals surface area (Å²) in [6, 6.07) is 11.7. The molecule has 0 fully saturated rings. The van der Waals surface area contributed by atoms with Gasteiger partial charge in [0.15, 0.2) is 24.8 Å². The first kappa shape index (κ1) is 13.7. The minimum Gasteiger partial charge on any atom is -0.204 e. The van der Waals surface area contributed by atoms with Crippen molar-refractivity contribution in [2.45, 2.75) is 25.9 Å². The average molecular weight is 264 g/mol. The fourth-order valence-electron chi connectivity index (χ4n) is 2.04. The van der Waals surface area contributed by atoms with E-state index in [-0.39, 0.29) is 0 Å². The second-order valence-electron chi connectivity index (χ2n) is 4.59. The number of hydrogen-bond donors (Lipinski definition) is 0. The van der Waals surface area contributed by atoms with Crippen LogP contribution < -0.4 is 9.13 Å². The van der Waals surface area contributed by atoms with Crippen molar-refractivity contribution in [2.24, 2.45) is 0 Å². The number of aryl methyl sites for hydroxylation is 2. The zero-order valence-electron chi connectivity index (χ0n) is 11.2. The monoisotopic (exact) mass is 264 g/mol. The molecule has 0 unspecified atom stereocenters. The van der Waals surface area contributed by atoms with Crippen LogP contribution in [0.2, 0.25) is 0 Å². The van der Waals surface area contributed by atoms with Gasteiger partial charge in [0, 0.05) is 25.0 Å². The van der Waals surface area contributed by atoms with Crippen molar-refractivity contribution in [3.63, 3.8) is 0 Å². The normalized spacial score (nSPS) is 9.70. The fourth-order valence-corrected chi connectivity index (χ4v) is 2.04. The molecule has 20 heavy (non-hydrogen) atoms. The van der Waals surface area contributed by atoms with Crippen LogP contribution in [-0.2, 0) is 13.1 Å². The summed E-state index contributed by atoms with van der Waals surface area (Å²) in [4.78, 5) is 0. The van der Waals surface area contributed by atoms with Crippen LogP contribution in [0, 0.1) is 22.7 Å². The Kier molecular flexibility index (Phi) is 4.81. The number of pyridine rings is 2. The molecule has 2 aromatic heterocycles. The smallest absolute Gasteiger partial charge is 0.186 e. The molecule has 0 aliphatic carbocycles. The predicted octanol–water partition coefficient (Wildman–Crippen LogP) is 1.49. The number of nitrogens with zero attached hydrogens (tertiary/aromatic N) is 4. The summed E-state index contributed by atoms with van der Waals surface area (Å²) in [5.74, 6) is 0. The van der Waals surface area contributed by atoms with Gasteiger partial charge in [0.25, 0.3) is 0 Å². The second kappa shape index (κ2) is 7.01. The van der Waals surface area contributed by atoms with Gasteiger partial charge < -0.3 is 0 Å². The summed E-state index contributed by atoms with van der Waals surface area (Å²) in [6.45, 7) is 1.79. The predicted molar refractivity (Wildman–Crippen MR) is 71.9 cm³/mol. The molecule has 2 heterocycles. The first-order chi connectivity index (χ1) is 9.81. The molecule has 0 radical (unpaired) electrons. The SMILES string of the molecule is N#Cc1ccc[n+](CCCC[n+]2cccc(C#N)c2)c1. The van der Waals surface area contributed by atoms with E-state index in [0.717, 1.165) is 25.9 Å². The van der Waals surface area contributed by atoms with Crippen LogP contribution in [0.15, 0.2) is 49.1 Å². The van der Waals surface area contributed by atoms with Crippen molar-refractivity contribution >= 4 is 0 Å². The van der Waals surface area contributed by atoms with E-state index in [1.165, 1.54) is 0 Å². The molecule has 4 nitrogen and oxygen atoms in total. The molecule has 2 rings (SSSR count). The molecule has 0 spiro atoms. The quantitative estimate of drug-likeness (QED) is 0.607. The molecule has 0 aromatic carbocycles. The molecular weight excluding hydrogens is 248 g/mol. The first-order valence-electron chi connectivity index (χ1n) is 6.60. The van der Waals surface area contributed by atoms with E-state index in [0.29, 0.717) is 11.1 Å². The summed E-state index contributed by atoms with van der Waals surface area (Å²) in [5, 5.41) is 17.7. The second-order valence-corrected chi connectivity index (χ2v) is 4.59. The summed E-state index contributed by atoms with van der Waals surface area (Å²) < 4.78 is 4.07. The number of hydrogen-bond acceptors (Lipinski definition) is 2. The third kappa shape index (κ3) is 3.90. The maximum Gasteiger partial charge on any atom is 0.186 e. The molecular formula is C16H16N4+2. The highest BCUT2D eigenvalue weighted by atomic mass is 14.9. The van der Waals surface area contributed by atoms with E-state index in [2.05, 4.69) is 12.1 Å². The molecule has 98 valence electrons. The lowest BCUT2D eigenvalue weighted by molar-refractivity contribution is -0.708. The Balaban J connectivity index is 1.81. The van der Waals surface area contributed by atoms with Gasteiger partial charge in [-0.1, -0.05) is 0 Å². The maximum atomic E-state index is 8.84. The van der Waals surface area contributed by atoms with E-state index in [1.54, 1.807) is 12.1 Å². The summed E-state index contributed by atoms with van der Waals surface area (Å²) in [5.41, 5.74) is 1.37. The van der Waals surface area contributed by atoms with Crippen LogP contribution >= 0.6 is 0 Å². The zero-order valence-corrected chi connectivity index (χ0v) is 11.2. The van der Waals surface area contributed by atoms with Crippen molar-refractivity contribution in [3.8, 4) is 12.1 Å². The lowest BCUT2D eigenvalue weighted by Gasteiger charge is -1.98. The van der Waals surface area contributed by atoms with Crippen LogP contribution in [-0.4, -0.2) is 0 Å². The van der Waals surface area contributed by atoms with Crippen molar-refractivity contribution in [3.05, 3.63) is 60.2 Å². The minimum absolute atomic E-state index is 0.684. The standard InChI is InChI=1S/C16H16N4/c17-11-15-5-3-9-19(13-15)7-1-2-8-20-10-4-6-16(12-18)14-20/h3-6,9-10,13-14H,1-2,7-8H2/q+2. The maximum absolute atomic E-state index is 8.84. The van der Waals surface area contributed by atoms with Crippen LogP contribution in [0.25, 0.3) is 0 Å². The third-order valence-corrected chi connectivity index (χ3v) is 3.06. The average Bonchev–Trinajstić information content (AvgIpc) is 2.52. The topological polar surface area (TPSA) is 55.3 Å². The first-order valence-corrected chi connectivity index (χ1v) is 6.60. The number of unbranched alkanes of at least 4 members (excludes halogenated alkanes) is 1. The molecule has 0 saturated heterocycles. The van der Waals surface area contributed by atoms with Crippen LogP contribution in [0.4, 0.5) is 0 Å². The largest absolute Gasteiger partial charge is 0.204 e. The molecule has 4 heteroatoms. The molecule has 0 N–H and O–H groups in total. The van der Waals surface area contributed by atoms with Gasteiger partial charge in [-0.15, -0.1) is 0 Å². The van der Waals surface area contributed by atoms with Gasteiger partial charge in [0.1, 0.15) is 36.4 Å². The van der Waals surface area contributed by atoms with Crippen LogP contribution in [0.1, 0.15) is 24.0 Å². The van der Waals surface area contributed by atoms with E-state index < -0.39 is 0 Å². The Morgan fingerprint density at radius 2 is 1.25 bits per heavy atom. The lowest BCUT2D eigenvalue weighted by Crippen LogP contribution is -2.36. The molecule has 0 amide bonds. The number of aromatic nitrogens is 2. The number of rotatable bonds is 5. The van der Waals surface area contributed by atoms with E-state index in [4.69, 9.17) is 10.5 Å². The van der Waals surface area contributed by atoms with Crippen molar-refractivity contribution in [2.75, 3.05) is 0 Å². The molecule has 2 aromatic rings. The fraction of sp³-hybridized carbons (Fsp3) is 0.250. The van der Waals surface area contributed by atoms with Crippen LogP contribution in [0.5, 0.6) is 0 Å². The van der Waals surface area contributed by atoms with Gasteiger partial charge >= 0.3 is 0 Å². The van der Waals surface area contributed by atoms with Gasteiger partial charge in [-0.3, -0.25) is 0 Å². The summed E-state index contributed by atoms with van der Waals surface area (Å²) in [6.07, 6.45) is 9.74. The van der Waals surface area contributed by atoms with Gasteiger partial charge in [-0.2, -0.15) is 10.5 Å². The van der Waals surface area contributed by atoms with Gasteiger partial charge in [0.2, 0.25) is 0 Å². The Bertz CT molecular complexity index is 605. The van der Waals surface area contributed by atoms with Crippen molar-refractivity contribution < 1.29 is 9.13 Å². The van der Waals surface area contributed by atoms with Gasteiger partial charge in [-0.05, 0) is 12.1 Å². The summed E-state index contributed by atoms with van der Waals surface area (Å²) >= 11 is 0. The third-order valence-electron chi connectivity index (χ3n) is 3.06. The Hall–Kier alpha value is -2.72. The molecule has 0 bridgehead atoms. The molecule has 0 aliphatic rings. The Labute approximate surface area is 118 Å². The van der Waals surface area contributed by atoms with Gasteiger partial charge in [0.05, 0.1) is 0 Å². The molecule has 0 aliphatic heterocycles. The Morgan fingerprint density at radius 1 is 0.800 bits per heavy atom.